The molecule has 0 aromatic carbocycles. The van der Waals surface area contributed by atoms with Crippen molar-refractivity contribution in [3.8, 4) is 6.01 Å². The first-order valence-corrected chi connectivity index (χ1v) is 8.94. The summed E-state index contributed by atoms with van der Waals surface area (Å²) in [6.45, 7) is 2.01. The molecule has 1 aromatic heterocycles. The van der Waals surface area contributed by atoms with Gasteiger partial charge in [0.1, 0.15) is 5.60 Å². The second-order valence-electron chi connectivity index (χ2n) is 7.61. The molecule has 24 heavy (non-hydrogen) atoms. The summed E-state index contributed by atoms with van der Waals surface area (Å²) < 4.78 is 27.3. The summed E-state index contributed by atoms with van der Waals surface area (Å²) in [6, 6.07) is 1.64. The molecule has 128 valence electrons. The first-order chi connectivity index (χ1) is 11.5. The summed E-state index contributed by atoms with van der Waals surface area (Å²) in [5, 5.41) is 0. The standard InChI is InChI=1S/C16H17ClN2O5/c1-13-11-19-7-4-9(20)18-12(19)21-10-15(8-17,22-11)16(10,13)24-14(23-13)5-2-3-6-14/h4,7,10-11H,2-3,5-6,8H2,1H3/t10?,11-,13+,15-,16+/m1/s1. The average molecular weight is 353 g/mol. The highest BCUT2D eigenvalue weighted by molar-refractivity contribution is 6.19. The maximum absolute atomic E-state index is 11.6. The fourth-order valence-electron chi connectivity index (χ4n) is 5.43. The fraction of sp³-hybridized carbons (Fsp3) is 0.750. The Morgan fingerprint density at radius 2 is 2.17 bits per heavy atom. The van der Waals surface area contributed by atoms with Crippen molar-refractivity contribution < 1.29 is 18.9 Å². The van der Waals surface area contributed by atoms with Crippen molar-refractivity contribution in [3.63, 3.8) is 0 Å². The Kier molecular flexibility index (Phi) is 2.24. The molecule has 4 aliphatic heterocycles. The largest absolute Gasteiger partial charge is 0.455 e. The van der Waals surface area contributed by atoms with E-state index < -0.39 is 34.9 Å². The van der Waals surface area contributed by atoms with Crippen LogP contribution in [0.25, 0.3) is 0 Å². The van der Waals surface area contributed by atoms with Crippen molar-refractivity contribution in [1.82, 2.24) is 9.55 Å². The van der Waals surface area contributed by atoms with Gasteiger partial charge in [-0.2, -0.15) is 4.98 Å². The van der Waals surface area contributed by atoms with Gasteiger partial charge < -0.3 is 18.9 Å². The van der Waals surface area contributed by atoms with E-state index in [-0.39, 0.29) is 17.4 Å². The molecule has 1 aromatic rings. The molecule has 4 bridgehead atoms. The van der Waals surface area contributed by atoms with Gasteiger partial charge in [0.15, 0.2) is 29.3 Å². The molecule has 7 rings (SSSR count). The van der Waals surface area contributed by atoms with Gasteiger partial charge in [-0.3, -0.25) is 9.36 Å². The number of nitrogens with zero attached hydrogens (tertiary/aromatic N) is 2. The van der Waals surface area contributed by atoms with Crippen LogP contribution in [0.4, 0.5) is 0 Å². The lowest BCUT2D eigenvalue weighted by Gasteiger charge is -2.32. The first-order valence-electron chi connectivity index (χ1n) is 8.40. The monoisotopic (exact) mass is 352 g/mol. The van der Waals surface area contributed by atoms with E-state index in [1.54, 1.807) is 10.8 Å². The van der Waals surface area contributed by atoms with Crippen molar-refractivity contribution in [2.75, 3.05) is 5.88 Å². The molecule has 1 unspecified atom stereocenters. The Balaban J connectivity index is 1.57. The van der Waals surface area contributed by atoms with Gasteiger partial charge in [-0.1, -0.05) is 0 Å². The third kappa shape index (κ3) is 1.20. The Morgan fingerprint density at radius 1 is 1.38 bits per heavy atom. The van der Waals surface area contributed by atoms with E-state index in [9.17, 15) is 4.79 Å². The SMILES string of the molecule is C[C@@]12OC3(CCCC3)O[C@@]13C1Oc4nc(=O)ccn4[C@@H]2O[C@]13CCl. The maximum Gasteiger partial charge on any atom is 0.302 e. The Hall–Kier alpha value is -1.15. The van der Waals surface area contributed by atoms with Crippen LogP contribution >= 0.6 is 11.6 Å². The summed E-state index contributed by atoms with van der Waals surface area (Å²) in [7, 11) is 0. The molecular formula is C16H17ClN2O5. The molecule has 6 aliphatic rings. The highest BCUT2D eigenvalue weighted by Gasteiger charge is 2.99. The second kappa shape index (κ2) is 3.82. The zero-order valence-electron chi connectivity index (χ0n) is 13.2. The van der Waals surface area contributed by atoms with Crippen LogP contribution in [0.5, 0.6) is 6.01 Å². The molecule has 0 amide bonds. The minimum Gasteiger partial charge on any atom is -0.455 e. The highest BCUT2D eigenvalue weighted by atomic mass is 35.5. The van der Waals surface area contributed by atoms with Crippen LogP contribution in [0, 0.1) is 0 Å². The summed E-state index contributed by atoms with van der Waals surface area (Å²) >= 11 is 6.32. The zero-order valence-corrected chi connectivity index (χ0v) is 13.9. The topological polar surface area (TPSA) is 71.8 Å². The number of alkyl halides is 1. The van der Waals surface area contributed by atoms with Crippen LogP contribution in [0.1, 0.15) is 38.8 Å². The molecule has 5 atom stereocenters. The van der Waals surface area contributed by atoms with Gasteiger partial charge in [0.25, 0.3) is 5.56 Å². The number of hydrogen-bond donors (Lipinski definition) is 0. The molecule has 2 saturated carbocycles. The Labute approximate surface area is 142 Å². The van der Waals surface area contributed by atoms with E-state index in [4.69, 9.17) is 30.5 Å². The lowest BCUT2D eigenvalue weighted by Crippen LogP contribution is -2.45. The van der Waals surface area contributed by atoms with Gasteiger partial charge in [0, 0.05) is 25.1 Å². The summed E-state index contributed by atoms with van der Waals surface area (Å²) in [4.78, 5) is 15.6. The minimum absolute atomic E-state index is 0.238. The van der Waals surface area contributed by atoms with Crippen LogP contribution in [0.3, 0.4) is 0 Å². The lowest BCUT2D eigenvalue weighted by molar-refractivity contribution is -0.229. The molecule has 0 N–H and O–H groups in total. The Bertz CT molecular complexity index is 823. The van der Waals surface area contributed by atoms with Gasteiger partial charge >= 0.3 is 6.01 Å². The van der Waals surface area contributed by atoms with Gasteiger partial charge in [-0.25, -0.2) is 0 Å². The summed E-state index contributed by atoms with van der Waals surface area (Å²) in [6.07, 6.45) is 4.65. The number of rotatable bonds is 1. The smallest absolute Gasteiger partial charge is 0.302 e. The van der Waals surface area contributed by atoms with Gasteiger partial charge in [-0.05, 0) is 19.8 Å². The predicted molar refractivity (Wildman–Crippen MR) is 81.0 cm³/mol. The van der Waals surface area contributed by atoms with E-state index in [0.717, 1.165) is 25.7 Å². The summed E-state index contributed by atoms with van der Waals surface area (Å²) in [5.41, 5.74) is -2.61. The third-order valence-electron chi connectivity index (χ3n) is 6.46. The van der Waals surface area contributed by atoms with E-state index >= 15 is 0 Å². The third-order valence-corrected chi connectivity index (χ3v) is 6.85. The second-order valence-corrected chi connectivity index (χ2v) is 7.88. The molecule has 2 aliphatic carbocycles. The maximum atomic E-state index is 11.6. The number of halogens is 1. The van der Waals surface area contributed by atoms with Crippen molar-refractivity contribution >= 4 is 11.6 Å². The van der Waals surface area contributed by atoms with Crippen molar-refractivity contribution in [3.05, 3.63) is 22.6 Å². The van der Waals surface area contributed by atoms with Crippen molar-refractivity contribution in [2.24, 2.45) is 0 Å². The van der Waals surface area contributed by atoms with E-state index in [1.807, 2.05) is 6.92 Å². The van der Waals surface area contributed by atoms with Crippen LogP contribution < -0.4 is 10.3 Å². The number of hydrogen-bond acceptors (Lipinski definition) is 6. The molecule has 0 radical (unpaired) electrons. The molecule has 2 saturated heterocycles. The normalized spacial score (nSPS) is 48.8. The van der Waals surface area contributed by atoms with Crippen LogP contribution in [-0.4, -0.2) is 44.1 Å². The van der Waals surface area contributed by atoms with Gasteiger partial charge in [0.2, 0.25) is 0 Å². The van der Waals surface area contributed by atoms with Crippen LogP contribution in [0.2, 0.25) is 0 Å². The van der Waals surface area contributed by atoms with Gasteiger partial charge in [0.05, 0.1) is 5.88 Å². The van der Waals surface area contributed by atoms with Crippen LogP contribution in [-0.2, 0) is 14.2 Å². The Morgan fingerprint density at radius 3 is 2.92 bits per heavy atom. The molecule has 8 heteroatoms. The fourth-order valence-corrected chi connectivity index (χ4v) is 5.83. The molecule has 7 nitrogen and oxygen atoms in total. The minimum atomic E-state index is -0.767. The molecular weight excluding hydrogens is 336 g/mol. The van der Waals surface area contributed by atoms with Crippen molar-refractivity contribution in [2.45, 2.75) is 67.5 Å². The summed E-state index contributed by atoms with van der Waals surface area (Å²) in [5.74, 6) is -0.335. The molecule has 2 spiro atoms. The highest BCUT2D eigenvalue weighted by Crippen LogP contribution is 2.78. The lowest BCUT2D eigenvalue weighted by atomic mass is 9.94. The van der Waals surface area contributed by atoms with Crippen LogP contribution in [0.15, 0.2) is 17.1 Å². The predicted octanol–water partition coefficient (Wildman–Crippen LogP) is 1.34. The first kappa shape index (κ1) is 14.1. The van der Waals surface area contributed by atoms with Crippen molar-refractivity contribution in [1.29, 1.82) is 0 Å². The van der Waals surface area contributed by atoms with E-state index in [1.165, 1.54) is 6.07 Å². The average Bonchev–Trinajstić information content (AvgIpc) is 2.80. The molecule has 5 heterocycles. The quantitative estimate of drug-likeness (QED) is 0.710. The molecule has 4 fully saturated rings. The number of ether oxygens (including phenoxy) is 4. The number of aromatic nitrogens is 2. The van der Waals surface area contributed by atoms with Gasteiger partial charge in [-0.15, -0.1) is 11.6 Å². The van der Waals surface area contributed by atoms with E-state index in [0.29, 0.717) is 0 Å². The zero-order chi connectivity index (χ0) is 16.4. The van der Waals surface area contributed by atoms with E-state index in [2.05, 4.69) is 4.98 Å².